The second kappa shape index (κ2) is 7.92. The average Bonchev–Trinajstić information content (AvgIpc) is 3.11. The van der Waals surface area contributed by atoms with Gasteiger partial charge in [-0.2, -0.15) is 4.98 Å². The van der Waals surface area contributed by atoms with Crippen molar-refractivity contribution in [2.24, 2.45) is 0 Å². The van der Waals surface area contributed by atoms with E-state index in [0.29, 0.717) is 55.6 Å². The Bertz CT molecular complexity index is 1240. The molecule has 0 radical (unpaired) electrons. The topological polar surface area (TPSA) is 82.1 Å². The molecule has 0 spiro atoms. The molecular weight excluding hydrogens is 402 g/mol. The number of ether oxygens (including phenoxy) is 1. The molecule has 4 aromatic rings. The molecule has 0 atom stereocenters. The lowest BCUT2D eigenvalue weighted by Crippen LogP contribution is -2.37. The van der Waals surface area contributed by atoms with Gasteiger partial charge in [0, 0.05) is 18.7 Å². The fourth-order valence-corrected chi connectivity index (χ4v) is 3.71. The molecule has 2 aromatic heterocycles. The molecule has 1 aliphatic rings. The first-order valence-electron chi connectivity index (χ1n) is 9.97. The highest BCUT2D eigenvalue weighted by molar-refractivity contribution is 5.99. The number of rotatable bonds is 4. The van der Waals surface area contributed by atoms with Crippen molar-refractivity contribution in [1.29, 1.82) is 0 Å². The normalized spacial score (nSPS) is 14.3. The van der Waals surface area contributed by atoms with Crippen molar-refractivity contribution >= 4 is 22.8 Å². The number of aromatic nitrogens is 4. The van der Waals surface area contributed by atoms with Gasteiger partial charge in [0.25, 0.3) is 0 Å². The standard InChI is InChI=1S/C22H20F2N6O/c23-16-8-4-7-15(18(16)24)19-17-20(25)30(13-14-5-2-1-3-6-14)28-21(17)27-22(26-19)29-9-11-31-12-10-29/h1-8H,9-13,25H2. The lowest BCUT2D eigenvalue weighted by Gasteiger charge is -2.27. The van der Waals surface area contributed by atoms with Gasteiger partial charge < -0.3 is 15.4 Å². The van der Waals surface area contributed by atoms with Crippen LogP contribution in [0.4, 0.5) is 20.5 Å². The zero-order valence-corrected chi connectivity index (χ0v) is 16.6. The van der Waals surface area contributed by atoms with Crippen LogP contribution in [0.25, 0.3) is 22.3 Å². The Hall–Kier alpha value is -3.59. The SMILES string of the molecule is Nc1c2c(-c3cccc(F)c3F)nc(N3CCOCC3)nc2nn1Cc1ccccc1. The van der Waals surface area contributed by atoms with E-state index >= 15 is 0 Å². The van der Waals surface area contributed by atoms with Crippen LogP contribution in [-0.4, -0.2) is 46.1 Å². The number of halogens is 2. The third-order valence-electron chi connectivity index (χ3n) is 5.30. The Kier molecular flexibility index (Phi) is 4.95. The maximum Gasteiger partial charge on any atom is 0.228 e. The van der Waals surface area contributed by atoms with Crippen molar-refractivity contribution in [2.75, 3.05) is 36.9 Å². The molecule has 0 aliphatic carbocycles. The summed E-state index contributed by atoms with van der Waals surface area (Å²) in [5, 5.41) is 4.97. The van der Waals surface area contributed by atoms with Crippen molar-refractivity contribution < 1.29 is 13.5 Å². The van der Waals surface area contributed by atoms with Crippen LogP contribution in [-0.2, 0) is 11.3 Å². The van der Waals surface area contributed by atoms with E-state index in [2.05, 4.69) is 15.1 Å². The summed E-state index contributed by atoms with van der Waals surface area (Å²) in [7, 11) is 0. The zero-order valence-electron chi connectivity index (χ0n) is 16.6. The molecule has 158 valence electrons. The summed E-state index contributed by atoms with van der Waals surface area (Å²) in [6.45, 7) is 2.68. The number of hydrogen-bond acceptors (Lipinski definition) is 6. The van der Waals surface area contributed by atoms with Gasteiger partial charge in [0.05, 0.1) is 30.8 Å². The fourth-order valence-electron chi connectivity index (χ4n) is 3.71. The lowest BCUT2D eigenvalue weighted by atomic mass is 10.1. The van der Waals surface area contributed by atoms with E-state index < -0.39 is 11.6 Å². The van der Waals surface area contributed by atoms with Gasteiger partial charge in [-0.25, -0.2) is 18.4 Å². The quantitative estimate of drug-likeness (QED) is 0.544. The van der Waals surface area contributed by atoms with E-state index in [0.717, 1.165) is 11.6 Å². The van der Waals surface area contributed by atoms with Crippen LogP contribution in [0.1, 0.15) is 5.56 Å². The molecule has 7 nitrogen and oxygen atoms in total. The molecule has 2 aromatic carbocycles. The molecule has 0 saturated carbocycles. The summed E-state index contributed by atoms with van der Waals surface area (Å²) in [6, 6.07) is 13.7. The van der Waals surface area contributed by atoms with Crippen molar-refractivity contribution in [3.63, 3.8) is 0 Å². The minimum atomic E-state index is -0.981. The zero-order chi connectivity index (χ0) is 21.4. The molecule has 5 rings (SSSR count). The highest BCUT2D eigenvalue weighted by Crippen LogP contribution is 2.34. The number of morpholine rings is 1. The maximum atomic E-state index is 14.7. The van der Waals surface area contributed by atoms with Crippen LogP contribution in [0.5, 0.6) is 0 Å². The number of nitrogens with two attached hydrogens (primary N) is 1. The van der Waals surface area contributed by atoms with Gasteiger partial charge in [-0.15, -0.1) is 5.10 Å². The Morgan fingerprint density at radius 2 is 1.74 bits per heavy atom. The Morgan fingerprint density at radius 3 is 2.52 bits per heavy atom. The maximum absolute atomic E-state index is 14.7. The van der Waals surface area contributed by atoms with Gasteiger partial charge in [-0.1, -0.05) is 36.4 Å². The van der Waals surface area contributed by atoms with Crippen LogP contribution in [0.2, 0.25) is 0 Å². The lowest BCUT2D eigenvalue weighted by molar-refractivity contribution is 0.122. The molecule has 31 heavy (non-hydrogen) atoms. The summed E-state index contributed by atoms with van der Waals surface area (Å²) in [4.78, 5) is 11.1. The van der Waals surface area contributed by atoms with Gasteiger partial charge in [-0.3, -0.25) is 0 Å². The number of nitrogen functional groups attached to an aromatic ring is 1. The summed E-state index contributed by atoms with van der Waals surface area (Å²) in [5.41, 5.74) is 7.99. The van der Waals surface area contributed by atoms with Gasteiger partial charge in [0.15, 0.2) is 17.3 Å². The fraction of sp³-hybridized carbons (Fsp3) is 0.227. The minimum absolute atomic E-state index is 0.0212. The molecule has 0 amide bonds. The summed E-state index contributed by atoms with van der Waals surface area (Å²) >= 11 is 0. The molecule has 2 N–H and O–H groups in total. The third-order valence-corrected chi connectivity index (χ3v) is 5.30. The van der Waals surface area contributed by atoms with Crippen molar-refractivity contribution in [2.45, 2.75) is 6.54 Å². The Labute approximate surface area is 177 Å². The van der Waals surface area contributed by atoms with E-state index in [1.807, 2.05) is 35.2 Å². The Balaban J connectivity index is 1.70. The first-order chi connectivity index (χ1) is 15.1. The second-order valence-electron chi connectivity index (χ2n) is 7.30. The monoisotopic (exact) mass is 422 g/mol. The predicted molar refractivity (Wildman–Crippen MR) is 114 cm³/mol. The van der Waals surface area contributed by atoms with Crippen LogP contribution in [0.15, 0.2) is 48.5 Å². The summed E-state index contributed by atoms with van der Waals surface area (Å²) in [6.07, 6.45) is 0. The molecule has 1 aliphatic heterocycles. The average molecular weight is 422 g/mol. The number of fused-ring (bicyclic) bond motifs is 1. The van der Waals surface area contributed by atoms with Crippen LogP contribution >= 0.6 is 0 Å². The number of hydrogen-bond donors (Lipinski definition) is 1. The number of anilines is 2. The van der Waals surface area contributed by atoms with E-state index in [9.17, 15) is 8.78 Å². The van der Waals surface area contributed by atoms with Gasteiger partial charge in [-0.05, 0) is 17.7 Å². The second-order valence-corrected chi connectivity index (χ2v) is 7.30. The molecule has 0 unspecified atom stereocenters. The molecular formula is C22H20F2N6O. The Morgan fingerprint density at radius 1 is 0.968 bits per heavy atom. The van der Waals surface area contributed by atoms with Crippen LogP contribution in [0, 0.1) is 11.6 Å². The minimum Gasteiger partial charge on any atom is -0.383 e. The highest BCUT2D eigenvalue weighted by Gasteiger charge is 2.24. The first-order valence-corrected chi connectivity index (χ1v) is 9.97. The van der Waals surface area contributed by atoms with E-state index in [-0.39, 0.29) is 11.3 Å². The summed E-state index contributed by atoms with van der Waals surface area (Å²) in [5.74, 6) is -1.25. The highest BCUT2D eigenvalue weighted by atomic mass is 19.2. The molecule has 9 heteroatoms. The van der Waals surface area contributed by atoms with Gasteiger partial charge >= 0.3 is 0 Å². The predicted octanol–water partition coefficient (Wildman–Crippen LogP) is 3.24. The summed E-state index contributed by atoms with van der Waals surface area (Å²) < 4.78 is 35.8. The number of nitrogens with zero attached hydrogens (tertiary/aromatic N) is 5. The van der Waals surface area contributed by atoms with E-state index in [1.165, 1.54) is 12.1 Å². The number of benzene rings is 2. The smallest absolute Gasteiger partial charge is 0.228 e. The van der Waals surface area contributed by atoms with Crippen LogP contribution < -0.4 is 10.6 Å². The van der Waals surface area contributed by atoms with Gasteiger partial charge in [0.2, 0.25) is 5.95 Å². The van der Waals surface area contributed by atoms with E-state index in [1.54, 1.807) is 4.68 Å². The van der Waals surface area contributed by atoms with Crippen molar-refractivity contribution in [1.82, 2.24) is 19.7 Å². The third kappa shape index (κ3) is 3.57. The van der Waals surface area contributed by atoms with Crippen LogP contribution in [0.3, 0.4) is 0 Å². The molecule has 1 fully saturated rings. The molecule has 3 heterocycles. The van der Waals surface area contributed by atoms with Gasteiger partial charge in [0.1, 0.15) is 5.82 Å². The first kappa shape index (κ1) is 19.4. The van der Waals surface area contributed by atoms with Crippen molar-refractivity contribution in [3.8, 4) is 11.3 Å². The largest absolute Gasteiger partial charge is 0.383 e. The molecule has 1 saturated heterocycles. The van der Waals surface area contributed by atoms with E-state index in [4.69, 9.17) is 10.5 Å². The van der Waals surface area contributed by atoms with Crippen molar-refractivity contribution in [3.05, 3.63) is 65.7 Å². The molecule has 0 bridgehead atoms.